The zero-order valence-electron chi connectivity index (χ0n) is 11.6. The van der Waals surface area contributed by atoms with E-state index in [-0.39, 0.29) is 5.82 Å². The average Bonchev–Trinajstić information content (AvgIpc) is 2.36. The lowest BCUT2D eigenvalue weighted by Crippen LogP contribution is -1.99. The monoisotopic (exact) mass is 338 g/mol. The summed E-state index contributed by atoms with van der Waals surface area (Å²) < 4.78 is 20.4. The number of halogens is 2. The van der Waals surface area contributed by atoms with Crippen LogP contribution in [-0.4, -0.2) is 5.11 Å². The van der Waals surface area contributed by atoms with Crippen LogP contribution in [0, 0.1) is 19.7 Å². The third-order valence-corrected chi connectivity index (χ3v) is 3.59. The van der Waals surface area contributed by atoms with Crippen molar-refractivity contribution >= 4 is 15.9 Å². The molecule has 2 nitrogen and oxygen atoms in total. The van der Waals surface area contributed by atoms with Crippen molar-refractivity contribution in [3.63, 3.8) is 0 Å². The molecule has 0 saturated carbocycles. The topological polar surface area (TPSA) is 29.5 Å². The van der Waals surface area contributed by atoms with Crippen LogP contribution in [0.15, 0.2) is 34.8 Å². The normalized spacial score (nSPS) is 12.3. The van der Waals surface area contributed by atoms with E-state index in [0.717, 1.165) is 10.0 Å². The Labute approximate surface area is 126 Å². The number of ether oxygens (including phenoxy) is 1. The quantitative estimate of drug-likeness (QED) is 0.848. The van der Waals surface area contributed by atoms with Gasteiger partial charge in [-0.2, -0.15) is 0 Å². The lowest BCUT2D eigenvalue weighted by Gasteiger charge is -2.16. The fourth-order valence-corrected chi connectivity index (χ4v) is 2.41. The molecular formula is C16H16BrFO2. The zero-order chi connectivity index (χ0) is 14.9. The molecule has 4 heteroatoms. The fraction of sp³-hybridized carbons (Fsp3) is 0.250. The lowest BCUT2D eigenvalue weighted by atomic mass is 10.1. The van der Waals surface area contributed by atoms with Gasteiger partial charge >= 0.3 is 0 Å². The Bertz CT molecular complexity index is 639. The molecule has 106 valence electrons. The molecule has 0 fully saturated rings. The minimum Gasteiger partial charge on any atom is -0.457 e. The highest BCUT2D eigenvalue weighted by molar-refractivity contribution is 9.10. The van der Waals surface area contributed by atoms with Crippen molar-refractivity contribution in [1.82, 2.24) is 0 Å². The molecule has 0 aliphatic carbocycles. The number of aliphatic hydroxyl groups is 1. The summed E-state index contributed by atoms with van der Waals surface area (Å²) in [5.74, 6) is 0.811. The van der Waals surface area contributed by atoms with E-state index in [1.165, 1.54) is 6.07 Å². The van der Waals surface area contributed by atoms with Crippen LogP contribution >= 0.6 is 15.9 Å². The standard InChI is InChI=1S/C16H16BrFO2/c1-9-7-16(13(11(3)19)8-14(9)18)20-15-5-4-12(17)6-10(15)2/h4-8,11,19H,1-3H3/t11-/m0/s1. The summed E-state index contributed by atoms with van der Waals surface area (Å²) >= 11 is 3.40. The Morgan fingerprint density at radius 2 is 1.80 bits per heavy atom. The van der Waals surface area contributed by atoms with E-state index in [1.807, 2.05) is 25.1 Å². The maximum atomic E-state index is 13.6. The van der Waals surface area contributed by atoms with E-state index in [9.17, 15) is 9.50 Å². The van der Waals surface area contributed by atoms with Gasteiger partial charge in [-0.1, -0.05) is 15.9 Å². The molecule has 2 aromatic rings. The highest BCUT2D eigenvalue weighted by Gasteiger charge is 2.14. The molecule has 0 bridgehead atoms. The highest BCUT2D eigenvalue weighted by Crippen LogP contribution is 2.34. The van der Waals surface area contributed by atoms with Crippen LogP contribution in [0.5, 0.6) is 11.5 Å². The molecule has 1 N–H and O–H groups in total. The average molecular weight is 339 g/mol. The maximum Gasteiger partial charge on any atom is 0.133 e. The van der Waals surface area contributed by atoms with Gasteiger partial charge in [0.15, 0.2) is 0 Å². The number of rotatable bonds is 3. The first-order valence-corrected chi connectivity index (χ1v) is 7.10. The van der Waals surface area contributed by atoms with Crippen LogP contribution in [-0.2, 0) is 0 Å². The van der Waals surface area contributed by atoms with Crippen molar-refractivity contribution in [2.75, 3.05) is 0 Å². The Kier molecular flexibility index (Phi) is 4.45. The predicted octanol–water partition coefficient (Wildman–Crippen LogP) is 5.05. The number of hydrogen-bond acceptors (Lipinski definition) is 2. The molecule has 0 aliphatic rings. The Hall–Kier alpha value is -1.39. The summed E-state index contributed by atoms with van der Waals surface area (Å²) in [7, 11) is 0. The number of aryl methyl sites for hydroxylation is 2. The van der Waals surface area contributed by atoms with Crippen molar-refractivity contribution in [2.24, 2.45) is 0 Å². The van der Waals surface area contributed by atoms with Gasteiger partial charge < -0.3 is 9.84 Å². The van der Waals surface area contributed by atoms with Crippen LogP contribution in [0.1, 0.15) is 29.7 Å². The minimum absolute atomic E-state index is 0.347. The van der Waals surface area contributed by atoms with E-state index in [1.54, 1.807) is 19.9 Å². The maximum absolute atomic E-state index is 13.6. The molecular weight excluding hydrogens is 323 g/mol. The summed E-state index contributed by atoms with van der Waals surface area (Å²) in [5, 5.41) is 9.76. The lowest BCUT2D eigenvalue weighted by molar-refractivity contribution is 0.195. The van der Waals surface area contributed by atoms with Gasteiger partial charge in [0.2, 0.25) is 0 Å². The molecule has 2 aromatic carbocycles. The van der Waals surface area contributed by atoms with Crippen molar-refractivity contribution in [3.05, 3.63) is 57.3 Å². The smallest absolute Gasteiger partial charge is 0.133 e. The first-order valence-electron chi connectivity index (χ1n) is 6.30. The second kappa shape index (κ2) is 5.94. The fourth-order valence-electron chi connectivity index (χ4n) is 1.93. The van der Waals surface area contributed by atoms with Crippen molar-refractivity contribution in [1.29, 1.82) is 0 Å². The molecule has 0 radical (unpaired) electrons. The van der Waals surface area contributed by atoms with Gasteiger partial charge in [0.25, 0.3) is 0 Å². The summed E-state index contributed by atoms with van der Waals surface area (Å²) in [6.45, 7) is 5.19. The molecule has 1 atom stereocenters. The van der Waals surface area contributed by atoms with Gasteiger partial charge in [-0.25, -0.2) is 4.39 Å². The van der Waals surface area contributed by atoms with Gasteiger partial charge in [0.1, 0.15) is 17.3 Å². The second-order valence-electron chi connectivity index (χ2n) is 4.83. The van der Waals surface area contributed by atoms with Gasteiger partial charge in [-0.3, -0.25) is 0 Å². The zero-order valence-corrected chi connectivity index (χ0v) is 13.2. The molecule has 2 rings (SSSR count). The molecule has 0 saturated heterocycles. The first kappa shape index (κ1) is 15.0. The largest absolute Gasteiger partial charge is 0.457 e. The number of benzene rings is 2. The van der Waals surface area contributed by atoms with E-state index in [4.69, 9.17) is 4.74 Å². The van der Waals surface area contributed by atoms with Crippen LogP contribution in [0.25, 0.3) is 0 Å². The predicted molar refractivity (Wildman–Crippen MR) is 80.7 cm³/mol. The van der Waals surface area contributed by atoms with E-state index in [0.29, 0.717) is 22.6 Å². The van der Waals surface area contributed by atoms with Gasteiger partial charge in [0, 0.05) is 10.0 Å². The van der Waals surface area contributed by atoms with Gasteiger partial charge in [-0.05, 0) is 62.2 Å². The molecule has 0 aliphatic heterocycles. The van der Waals surface area contributed by atoms with Gasteiger partial charge in [0.05, 0.1) is 6.10 Å². The number of hydrogen-bond donors (Lipinski definition) is 1. The van der Waals surface area contributed by atoms with E-state index >= 15 is 0 Å². The Morgan fingerprint density at radius 3 is 2.40 bits per heavy atom. The SMILES string of the molecule is Cc1cc(Oc2ccc(Br)cc2C)c([C@H](C)O)cc1F. The van der Waals surface area contributed by atoms with Crippen LogP contribution in [0.4, 0.5) is 4.39 Å². The molecule has 0 aromatic heterocycles. The van der Waals surface area contributed by atoms with Crippen LogP contribution in [0.2, 0.25) is 0 Å². The van der Waals surface area contributed by atoms with Crippen LogP contribution < -0.4 is 4.74 Å². The molecule has 0 amide bonds. The molecule has 0 spiro atoms. The Balaban J connectivity index is 2.44. The Morgan fingerprint density at radius 1 is 1.10 bits per heavy atom. The minimum atomic E-state index is -0.796. The number of aliphatic hydroxyl groups excluding tert-OH is 1. The van der Waals surface area contributed by atoms with Crippen molar-refractivity contribution < 1.29 is 14.2 Å². The summed E-state index contributed by atoms with van der Waals surface area (Å²) in [6, 6.07) is 8.58. The summed E-state index contributed by atoms with van der Waals surface area (Å²) in [5.41, 5.74) is 1.88. The van der Waals surface area contributed by atoms with E-state index < -0.39 is 6.10 Å². The third-order valence-electron chi connectivity index (χ3n) is 3.10. The molecule has 0 unspecified atom stereocenters. The van der Waals surface area contributed by atoms with Crippen LogP contribution in [0.3, 0.4) is 0 Å². The second-order valence-corrected chi connectivity index (χ2v) is 5.74. The van der Waals surface area contributed by atoms with Gasteiger partial charge in [-0.15, -0.1) is 0 Å². The van der Waals surface area contributed by atoms with E-state index in [2.05, 4.69) is 15.9 Å². The third kappa shape index (κ3) is 3.19. The summed E-state index contributed by atoms with van der Waals surface area (Å²) in [6.07, 6.45) is -0.796. The molecule has 20 heavy (non-hydrogen) atoms. The summed E-state index contributed by atoms with van der Waals surface area (Å²) in [4.78, 5) is 0. The van der Waals surface area contributed by atoms with Crippen molar-refractivity contribution in [3.8, 4) is 11.5 Å². The highest BCUT2D eigenvalue weighted by atomic mass is 79.9. The van der Waals surface area contributed by atoms with Crippen molar-refractivity contribution in [2.45, 2.75) is 26.9 Å². The molecule has 0 heterocycles. The first-order chi connectivity index (χ1) is 9.38.